The third-order valence-corrected chi connectivity index (χ3v) is 8.55. The van der Waals surface area contributed by atoms with Crippen LogP contribution in [0, 0.1) is 0 Å². The number of carbonyl (C=O) groups is 2. The van der Waals surface area contributed by atoms with Crippen LogP contribution in [0.5, 0.6) is 0 Å². The molecular formula is C14H20BrN5O12P2S. The second-order valence-corrected chi connectivity index (χ2v) is 11.8. The van der Waals surface area contributed by atoms with E-state index in [0.29, 0.717) is 0 Å². The van der Waals surface area contributed by atoms with Gasteiger partial charge in [-0.05, 0) is 0 Å². The second-order valence-electron chi connectivity index (χ2n) is 7.16. The van der Waals surface area contributed by atoms with Crippen LogP contribution in [0.15, 0.2) is 15.0 Å². The summed E-state index contributed by atoms with van der Waals surface area (Å²) in [6, 6.07) is 0. The van der Waals surface area contributed by atoms with Gasteiger partial charge in [-0.25, -0.2) is 19.1 Å². The second kappa shape index (κ2) is 10.8. The number of amidine groups is 1. The van der Waals surface area contributed by atoms with Crippen molar-refractivity contribution in [3.05, 3.63) is 0 Å². The van der Waals surface area contributed by atoms with E-state index in [-0.39, 0.29) is 29.3 Å². The molecule has 0 aromatic rings. The van der Waals surface area contributed by atoms with Gasteiger partial charge in [-0.3, -0.25) is 24.8 Å². The predicted octanol–water partition coefficient (Wildman–Crippen LogP) is -2.31. The Morgan fingerprint density at radius 3 is 2.60 bits per heavy atom. The number of ether oxygens (including phenoxy) is 1. The van der Waals surface area contributed by atoms with Gasteiger partial charge in [-0.1, -0.05) is 15.9 Å². The lowest BCUT2D eigenvalue weighted by molar-refractivity contribution is -0.133. The first-order chi connectivity index (χ1) is 16.2. The van der Waals surface area contributed by atoms with Crippen LogP contribution in [0.3, 0.4) is 0 Å². The van der Waals surface area contributed by atoms with E-state index in [1.54, 1.807) is 0 Å². The molecule has 0 aromatic carbocycles. The van der Waals surface area contributed by atoms with Crippen molar-refractivity contribution in [3.8, 4) is 0 Å². The minimum absolute atomic E-state index is 0.102. The summed E-state index contributed by atoms with van der Waals surface area (Å²) in [6.45, 7) is -1.04. The van der Waals surface area contributed by atoms with Gasteiger partial charge < -0.3 is 34.5 Å². The van der Waals surface area contributed by atoms with Crippen LogP contribution in [0.1, 0.15) is 0 Å². The first-order valence-electron chi connectivity index (χ1n) is 9.41. The van der Waals surface area contributed by atoms with Gasteiger partial charge in [0.15, 0.2) is 12.1 Å². The number of phosphoric ester groups is 1. The number of phosphoric acid groups is 2. The van der Waals surface area contributed by atoms with Gasteiger partial charge in [-0.15, -0.1) is 11.8 Å². The molecule has 2 unspecified atom stereocenters. The van der Waals surface area contributed by atoms with Crippen LogP contribution in [0.4, 0.5) is 0 Å². The van der Waals surface area contributed by atoms with Gasteiger partial charge in [0.25, 0.3) is 0 Å². The van der Waals surface area contributed by atoms with Crippen LogP contribution in [0.2, 0.25) is 0 Å². The summed E-state index contributed by atoms with van der Waals surface area (Å²) < 4.78 is 36.0. The van der Waals surface area contributed by atoms with E-state index < -0.39 is 63.4 Å². The molecule has 0 aliphatic carbocycles. The zero-order valence-corrected chi connectivity index (χ0v) is 21.5. The lowest BCUT2D eigenvalue weighted by atomic mass is 10.1. The number of hydrogen-bond acceptors (Lipinski definition) is 15. The summed E-state index contributed by atoms with van der Waals surface area (Å²) in [5.41, 5.74) is 6.39. The van der Waals surface area contributed by atoms with Gasteiger partial charge in [0.2, 0.25) is 16.6 Å². The van der Waals surface area contributed by atoms with Crippen molar-refractivity contribution in [2.45, 2.75) is 29.5 Å². The SMILES string of the molecule is NC1(SCC(=O)C(=O)CBr)N=CN=C2C1=NCN2[C@@H]1O[C@H](COP(=O)(O)OP(=O)(O)O)[C@@H](O)[C@H]1O. The fourth-order valence-electron chi connectivity index (χ4n) is 3.15. The van der Waals surface area contributed by atoms with Gasteiger partial charge >= 0.3 is 15.6 Å². The van der Waals surface area contributed by atoms with E-state index in [1.807, 2.05) is 0 Å². The number of aliphatic hydroxyl groups is 2. The molecular weight excluding hydrogens is 604 g/mol. The Hall–Kier alpha value is -0.920. The highest BCUT2D eigenvalue weighted by Crippen LogP contribution is 2.57. The maximum Gasteiger partial charge on any atom is 0.481 e. The van der Waals surface area contributed by atoms with E-state index in [1.165, 1.54) is 4.90 Å². The van der Waals surface area contributed by atoms with Crippen molar-refractivity contribution in [1.82, 2.24) is 4.90 Å². The summed E-state index contributed by atoms with van der Waals surface area (Å²) >= 11 is 3.74. The average Bonchev–Trinajstić information content (AvgIpc) is 3.31. The number of hydrogen-bond donors (Lipinski definition) is 6. The van der Waals surface area contributed by atoms with Gasteiger partial charge in [0.1, 0.15) is 37.0 Å². The molecule has 0 bridgehead atoms. The van der Waals surface area contributed by atoms with Crippen LogP contribution >= 0.6 is 43.3 Å². The van der Waals surface area contributed by atoms with E-state index in [2.05, 4.69) is 39.7 Å². The fourth-order valence-corrected chi connectivity index (χ4v) is 5.99. The molecule has 0 amide bonds. The Kier molecular flexibility index (Phi) is 8.86. The standard InChI is InChI=1S/C14H20BrN5O12P2S/c15-1-6(21)7(22)3-35-14(16)11-12(17-4-19-14)20(5-18-11)13-10(24)9(23)8(31-13)2-30-34(28,29)32-33(25,26)27/h4,8-10,13,23-24H,1-3,5,16H2,(H,28,29)(H2,25,26,27)/t8-,9-,10-,13-,14?/m1/s1. The van der Waals surface area contributed by atoms with Crippen LogP contribution < -0.4 is 5.73 Å². The summed E-state index contributed by atoms with van der Waals surface area (Å²) in [4.78, 5) is 62.2. The summed E-state index contributed by atoms with van der Waals surface area (Å²) in [7, 11) is -10.6. The van der Waals surface area contributed by atoms with Crippen molar-refractivity contribution < 1.29 is 57.2 Å². The number of nitrogens with two attached hydrogens (primary N) is 1. The number of alkyl halides is 1. The quantitative estimate of drug-likeness (QED) is 0.0611. The number of nitrogens with zero attached hydrogens (tertiary/aromatic N) is 4. The van der Waals surface area contributed by atoms with Crippen LogP contribution in [0.25, 0.3) is 0 Å². The summed E-state index contributed by atoms with van der Waals surface area (Å²) in [5.74, 6) is -1.52. The zero-order valence-electron chi connectivity index (χ0n) is 17.4. The minimum Gasteiger partial charge on any atom is -0.387 e. The lowest BCUT2D eigenvalue weighted by Crippen LogP contribution is -2.54. The number of aliphatic imine (C=N–C) groups is 3. The highest BCUT2D eigenvalue weighted by Gasteiger charge is 2.51. The minimum atomic E-state index is -5.35. The highest BCUT2D eigenvalue weighted by atomic mass is 79.9. The zero-order chi connectivity index (χ0) is 26.2. The van der Waals surface area contributed by atoms with Gasteiger partial charge in [-0.2, -0.15) is 4.31 Å². The maximum atomic E-state index is 11.9. The molecule has 3 aliphatic heterocycles. The highest BCUT2D eigenvalue weighted by molar-refractivity contribution is 9.09. The first kappa shape index (κ1) is 28.6. The molecule has 0 aromatic heterocycles. The molecule has 21 heteroatoms. The van der Waals surface area contributed by atoms with E-state index >= 15 is 0 Å². The number of aliphatic hydroxyl groups excluding tert-OH is 2. The molecule has 35 heavy (non-hydrogen) atoms. The number of ketones is 2. The largest absolute Gasteiger partial charge is 0.481 e. The van der Waals surface area contributed by atoms with Gasteiger partial charge in [0, 0.05) is 0 Å². The summed E-state index contributed by atoms with van der Waals surface area (Å²) in [6.07, 6.45) is -4.87. The number of rotatable bonds is 11. The van der Waals surface area contributed by atoms with E-state index in [0.717, 1.165) is 18.1 Å². The summed E-state index contributed by atoms with van der Waals surface area (Å²) in [5, 5.41) is 20.6. The number of fused-ring (bicyclic) bond motifs is 1. The Labute approximate surface area is 209 Å². The Morgan fingerprint density at radius 1 is 1.29 bits per heavy atom. The van der Waals surface area contributed by atoms with Crippen molar-refractivity contribution in [3.63, 3.8) is 0 Å². The molecule has 17 nitrogen and oxygen atoms in total. The normalized spacial score (nSPS) is 32.1. The maximum absolute atomic E-state index is 11.9. The molecule has 0 saturated carbocycles. The number of thioether (sulfide) groups is 1. The fraction of sp³-hybridized carbons (Fsp3) is 0.643. The van der Waals surface area contributed by atoms with Crippen molar-refractivity contribution in [2.24, 2.45) is 20.7 Å². The van der Waals surface area contributed by atoms with Crippen molar-refractivity contribution in [1.29, 1.82) is 0 Å². The Balaban J connectivity index is 1.66. The third-order valence-electron chi connectivity index (χ3n) is 4.75. The molecule has 196 valence electrons. The molecule has 1 fully saturated rings. The van der Waals surface area contributed by atoms with Gasteiger partial charge in [0.05, 0.1) is 17.7 Å². The smallest absolute Gasteiger partial charge is 0.387 e. The van der Waals surface area contributed by atoms with Crippen LogP contribution in [-0.2, 0) is 32.3 Å². The third kappa shape index (κ3) is 6.70. The first-order valence-corrected chi connectivity index (χ1v) is 14.5. The average molecular weight is 624 g/mol. The van der Waals surface area contributed by atoms with E-state index in [4.69, 9.17) is 20.3 Å². The predicted molar refractivity (Wildman–Crippen MR) is 123 cm³/mol. The monoisotopic (exact) mass is 623 g/mol. The molecule has 3 rings (SSSR count). The van der Waals surface area contributed by atoms with E-state index in [9.17, 15) is 33.8 Å². The molecule has 6 atom stereocenters. The van der Waals surface area contributed by atoms with Crippen molar-refractivity contribution >= 4 is 72.8 Å². The molecule has 3 heterocycles. The molecule has 3 aliphatic rings. The Bertz CT molecular complexity index is 1070. The molecule has 0 radical (unpaired) electrons. The van der Waals surface area contributed by atoms with Crippen LogP contribution in [-0.4, -0.2) is 113 Å². The van der Waals surface area contributed by atoms with Crippen molar-refractivity contribution in [2.75, 3.05) is 24.4 Å². The topological polar surface area (TPSA) is 263 Å². The number of halogens is 1. The molecule has 0 spiro atoms. The Morgan fingerprint density at radius 2 is 1.97 bits per heavy atom. The number of carbonyl (C=O) groups excluding carboxylic acids is 2. The number of Topliss-reactive ketones (excluding diaryl/α,β-unsaturated/α-hetero) is 2. The molecule has 1 saturated heterocycles. The lowest BCUT2D eigenvalue weighted by Gasteiger charge is -2.32. The molecule has 7 N–H and O–H groups in total.